The number of aliphatic carboxylic acids is 6. The third kappa shape index (κ3) is 24.0. The van der Waals surface area contributed by atoms with E-state index in [0.717, 1.165) is 0 Å². The van der Waals surface area contributed by atoms with Gasteiger partial charge in [-0.25, -0.2) is 28.8 Å². The summed E-state index contributed by atoms with van der Waals surface area (Å²) in [6, 6.07) is 0. The quantitative estimate of drug-likeness (QED) is 0.148. The Morgan fingerprint density at radius 2 is 0.564 bits per heavy atom. The molecule has 3 atom stereocenters. The number of hydrogen-bond acceptors (Lipinski definition) is 9. The SMILES string of the molecule is CC(OC(C)(C)C(=O)O)C(=O)O.CC(OC(C)(C)C(=O)O)C(=O)O.CC(OC(C)(C)C(=O)O)C(=O)O.[NaH].[NaH].[NaH]. The van der Waals surface area contributed by atoms with Gasteiger partial charge in [0.2, 0.25) is 0 Å². The molecule has 39 heavy (non-hydrogen) atoms. The standard InChI is InChI=1S/3C7H12O5.3Na.3H/c3*1-4(5(8)9)12-7(2,3)6(10)11;;;;;;/h3*4H,1-3H3,(H,8,9)(H,10,11);;;;;;. The maximum atomic E-state index is 10.5. The molecular formula is C21H39Na3O15. The molecule has 0 aromatic rings. The summed E-state index contributed by atoms with van der Waals surface area (Å²) >= 11 is 0. The molecule has 0 saturated heterocycles. The molecule has 0 amide bonds. The van der Waals surface area contributed by atoms with E-state index in [9.17, 15) is 28.8 Å². The van der Waals surface area contributed by atoms with E-state index in [1.54, 1.807) is 0 Å². The topological polar surface area (TPSA) is 251 Å². The van der Waals surface area contributed by atoms with Gasteiger partial charge < -0.3 is 44.8 Å². The summed E-state index contributed by atoms with van der Waals surface area (Å²) in [6.07, 6.45) is -3.34. The van der Waals surface area contributed by atoms with Crippen molar-refractivity contribution in [2.45, 2.75) is 97.4 Å². The van der Waals surface area contributed by atoms with Crippen molar-refractivity contribution in [2.75, 3.05) is 0 Å². The van der Waals surface area contributed by atoms with Crippen molar-refractivity contribution < 1.29 is 73.6 Å². The third-order valence-electron chi connectivity index (χ3n) is 4.00. The van der Waals surface area contributed by atoms with Gasteiger partial charge in [-0.05, 0) is 62.3 Å². The summed E-state index contributed by atoms with van der Waals surface area (Å²) in [4.78, 5) is 62.2. The van der Waals surface area contributed by atoms with Gasteiger partial charge in [0.15, 0.2) is 35.1 Å². The molecule has 3 unspecified atom stereocenters. The molecule has 0 saturated carbocycles. The molecule has 0 rings (SSSR count). The van der Waals surface area contributed by atoms with Gasteiger partial charge in [-0.3, -0.25) is 0 Å². The van der Waals surface area contributed by atoms with E-state index in [0.29, 0.717) is 0 Å². The Hall–Kier alpha value is -0.300. The summed E-state index contributed by atoms with van der Waals surface area (Å²) in [7, 11) is 0. The van der Waals surface area contributed by atoms with Crippen LogP contribution in [0.15, 0.2) is 0 Å². The van der Waals surface area contributed by atoms with Crippen LogP contribution in [-0.4, -0.2) is 190 Å². The molecule has 6 N–H and O–H groups in total. The monoisotopic (exact) mass is 600 g/mol. The van der Waals surface area contributed by atoms with Gasteiger partial charge >= 0.3 is 124 Å². The van der Waals surface area contributed by atoms with E-state index in [4.69, 9.17) is 44.8 Å². The summed E-state index contributed by atoms with van der Waals surface area (Å²) < 4.78 is 14.3. The zero-order valence-electron chi connectivity index (χ0n) is 21.6. The Kier molecular flexibility index (Phi) is 29.4. The first kappa shape index (κ1) is 51.4. The molecule has 0 bridgehead atoms. The van der Waals surface area contributed by atoms with Crippen molar-refractivity contribution >= 4 is 124 Å². The van der Waals surface area contributed by atoms with Crippen molar-refractivity contribution in [1.29, 1.82) is 0 Å². The molecule has 0 aliphatic heterocycles. The van der Waals surface area contributed by atoms with E-state index >= 15 is 0 Å². The van der Waals surface area contributed by atoms with Crippen LogP contribution in [-0.2, 0) is 43.0 Å². The van der Waals surface area contributed by atoms with Crippen molar-refractivity contribution in [3.63, 3.8) is 0 Å². The van der Waals surface area contributed by atoms with Gasteiger partial charge in [0.05, 0.1) is 0 Å². The van der Waals surface area contributed by atoms with Crippen LogP contribution < -0.4 is 0 Å². The van der Waals surface area contributed by atoms with Crippen LogP contribution in [0, 0.1) is 0 Å². The minimum atomic E-state index is -1.46. The van der Waals surface area contributed by atoms with Crippen molar-refractivity contribution in [3.8, 4) is 0 Å². The molecule has 0 radical (unpaired) electrons. The minimum absolute atomic E-state index is 0. The zero-order chi connectivity index (χ0) is 29.8. The molecule has 0 spiro atoms. The fourth-order valence-corrected chi connectivity index (χ4v) is 1.63. The Labute approximate surface area is 292 Å². The Balaban J connectivity index is -0.000000101. The van der Waals surface area contributed by atoms with E-state index in [2.05, 4.69) is 0 Å². The first-order valence-electron chi connectivity index (χ1n) is 10.2. The van der Waals surface area contributed by atoms with E-state index in [-0.39, 0.29) is 88.7 Å². The van der Waals surface area contributed by atoms with Crippen LogP contribution in [0.1, 0.15) is 62.3 Å². The van der Waals surface area contributed by atoms with Gasteiger partial charge in [-0.1, -0.05) is 0 Å². The zero-order valence-corrected chi connectivity index (χ0v) is 21.6. The number of rotatable bonds is 12. The number of carbonyl (C=O) groups is 6. The van der Waals surface area contributed by atoms with Gasteiger partial charge in [0, 0.05) is 0 Å². The number of carboxylic acid groups (broad SMARTS) is 6. The van der Waals surface area contributed by atoms with E-state index in [1.807, 2.05) is 0 Å². The second-order valence-corrected chi connectivity index (χ2v) is 8.74. The van der Waals surface area contributed by atoms with Gasteiger partial charge in [0.25, 0.3) is 0 Å². The first-order chi connectivity index (χ1) is 15.8. The van der Waals surface area contributed by atoms with Gasteiger partial charge in [-0.15, -0.1) is 0 Å². The normalized spacial score (nSPS) is 12.8. The fraction of sp³-hybridized carbons (Fsp3) is 0.714. The van der Waals surface area contributed by atoms with Crippen LogP contribution in [0.4, 0.5) is 0 Å². The molecule has 0 aromatic carbocycles. The van der Waals surface area contributed by atoms with E-state index in [1.165, 1.54) is 62.3 Å². The number of hydrogen-bond donors (Lipinski definition) is 6. The van der Waals surface area contributed by atoms with Gasteiger partial charge in [-0.2, -0.15) is 0 Å². The Morgan fingerprint density at radius 1 is 0.436 bits per heavy atom. The molecular weight excluding hydrogens is 561 g/mol. The third-order valence-corrected chi connectivity index (χ3v) is 4.00. The summed E-state index contributed by atoms with van der Waals surface area (Å²) in [5.74, 6) is -7.08. The van der Waals surface area contributed by atoms with Crippen LogP contribution >= 0.6 is 0 Å². The number of carboxylic acids is 6. The summed E-state index contributed by atoms with van der Waals surface area (Å²) in [5, 5.41) is 50.9. The Morgan fingerprint density at radius 3 is 0.641 bits per heavy atom. The van der Waals surface area contributed by atoms with Gasteiger partial charge in [0.1, 0.15) is 0 Å². The first-order valence-corrected chi connectivity index (χ1v) is 10.2. The van der Waals surface area contributed by atoms with Crippen molar-refractivity contribution in [2.24, 2.45) is 0 Å². The molecule has 0 heterocycles. The average molecular weight is 600 g/mol. The Bertz CT molecular complexity index is 708. The van der Waals surface area contributed by atoms with Crippen LogP contribution in [0.5, 0.6) is 0 Å². The fourth-order valence-electron chi connectivity index (χ4n) is 1.63. The van der Waals surface area contributed by atoms with Crippen molar-refractivity contribution in [1.82, 2.24) is 0 Å². The second kappa shape index (κ2) is 22.3. The predicted molar refractivity (Wildman–Crippen MR) is 141 cm³/mol. The number of ether oxygens (including phenoxy) is 3. The molecule has 0 fully saturated rings. The summed E-state index contributed by atoms with van der Waals surface area (Å²) in [5.41, 5.74) is -4.38. The van der Waals surface area contributed by atoms with Crippen LogP contribution in [0.3, 0.4) is 0 Å². The molecule has 18 heteroatoms. The molecule has 0 aliphatic carbocycles. The van der Waals surface area contributed by atoms with Crippen LogP contribution in [0.2, 0.25) is 0 Å². The predicted octanol–water partition coefficient (Wildman–Crippen LogP) is -0.928. The average Bonchev–Trinajstić information content (AvgIpc) is 2.67. The molecule has 216 valence electrons. The second-order valence-electron chi connectivity index (χ2n) is 8.74. The molecule has 0 aromatic heterocycles. The molecule has 15 nitrogen and oxygen atoms in total. The van der Waals surface area contributed by atoms with Crippen molar-refractivity contribution in [3.05, 3.63) is 0 Å². The van der Waals surface area contributed by atoms with E-state index < -0.39 is 70.9 Å². The van der Waals surface area contributed by atoms with Crippen LogP contribution in [0.25, 0.3) is 0 Å². The summed E-state index contributed by atoms with van der Waals surface area (Å²) in [6.45, 7) is 11.7. The molecule has 0 aliphatic rings. The maximum absolute atomic E-state index is 10.5.